The number of fused-ring (bicyclic) bond motifs is 1. The van der Waals surface area contributed by atoms with Crippen molar-refractivity contribution in [2.75, 3.05) is 25.3 Å². The van der Waals surface area contributed by atoms with Gasteiger partial charge in [-0.15, -0.1) is 0 Å². The number of methoxy groups -OCH3 is 1. The smallest absolute Gasteiger partial charge is 0.177 e. The number of benzene rings is 1. The van der Waals surface area contributed by atoms with E-state index in [9.17, 15) is 13.2 Å². The number of carbonyl (C=O) groups is 1. The standard InChI is InChI=1S/C27H31N5O4S/c1-17-13-23-27(28-17)24(15-20(29-23)16-25(33)18-5-6-18)30-22-8-7-19(14-26(22)37(3,34)35)21-9-11-32(31-21)10-4-12-36-2/h7-9,11,14-15,18H,4-6,10,12-13,16H2,1-3H3,(H,29,30). The summed E-state index contributed by atoms with van der Waals surface area (Å²) >= 11 is 0. The Kier molecular flexibility index (Phi) is 6.96. The molecule has 3 aromatic rings. The molecule has 1 aliphatic carbocycles. The molecule has 2 aromatic heterocycles. The summed E-state index contributed by atoms with van der Waals surface area (Å²) in [6.45, 7) is 3.29. The average molecular weight is 522 g/mol. The number of nitrogens with zero attached hydrogens (tertiary/aromatic N) is 4. The van der Waals surface area contributed by atoms with Gasteiger partial charge in [-0.3, -0.25) is 19.5 Å². The number of ketones is 1. The Labute approximate surface area is 216 Å². The molecule has 1 aliphatic heterocycles. The molecule has 0 bridgehead atoms. The molecule has 1 aromatic carbocycles. The minimum absolute atomic E-state index is 0.150. The SMILES string of the molecule is COCCCn1ccc(-c2ccc(Nc3cc(CC(=O)C4CC4)nc4c3N=C(C)C4)c(S(C)(=O)=O)c2)n1. The molecule has 0 saturated heterocycles. The van der Waals surface area contributed by atoms with E-state index in [4.69, 9.17) is 9.72 Å². The van der Waals surface area contributed by atoms with Gasteiger partial charge in [-0.1, -0.05) is 6.07 Å². The fraction of sp³-hybridized carbons (Fsp3) is 0.407. The molecule has 0 unspecified atom stereocenters. The van der Waals surface area contributed by atoms with E-state index in [1.807, 2.05) is 36.0 Å². The molecule has 2 aliphatic rings. The van der Waals surface area contributed by atoms with Gasteiger partial charge < -0.3 is 10.1 Å². The van der Waals surface area contributed by atoms with Crippen LogP contribution in [0, 0.1) is 5.92 Å². The number of aryl methyl sites for hydroxylation is 1. The summed E-state index contributed by atoms with van der Waals surface area (Å²) in [7, 11) is -1.91. The molecule has 9 nitrogen and oxygen atoms in total. The number of rotatable bonds is 11. The highest BCUT2D eigenvalue weighted by Gasteiger charge is 2.30. The van der Waals surface area contributed by atoms with Crippen molar-refractivity contribution in [1.82, 2.24) is 14.8 Å². The van der Waals surface area contributed by atoms with E-state index in [0.29, 0.717) is 53.6 Å². The van der Waals surface area contributed by atoms with Gasteiger partial charge >= 0.3 is 0 Å². The molecule has 0 radical (unpaired) electrons. The molecule has 194 valence electrons. The van der Waals surface area contributed by atoms with Crippen molar-refractivity contribution in [1.29, 1.82) is 0 Å². The highest BCUT2D eigenvalue weighted by atomic mass is 32.2. The Hall–Kier alpha value is -3.37. The maximum absolute atomic E-state index is 12.8. The van der Waals surface area contributed by atoms with Gasteiger partial charge in [0, 0.05) is 62.7 Å². The lowest BCUT2D eigenvalue weighted by Crippen LogP contribution is -2.09. The molecule has 0 atom stereocenters. The highest BCUT2D eigenvalue weighted by Crippen LogP contribution is 2.39. The van der Waals surface area contributed by atoms with Crippen LogP contribution in [0.3, 0.4) is 0 Å². The van der Waals surface area contributed by atoms with Crippen LogP contribution in [0.2, 0.25) is 0 Å². The maximum atomic E-state index is 12.8. The molecule has 37 heavy (non-hydrogen) atoms. The topological polar surface area (TPSA) is 116 Å². The zero-order chi connectivity index (χ0) is 26.2. The predicted octanol–water partition coefficient (Wildman–Crippen LogP) is 4.30. The molecular formula is C27H31N5O4S. The minimum Gasteiger partial charge on any atom is -0.385 e. The molecule has 0 spiro atoms. The van der Waals surface area contributed by atoms with Crippen LogP contribution in [0.15, 0.2) is 46.4 Å². The van der Waals surface area contributed by atoms with Gasteiger partial charge in [0.05, 0.1) is 33.4 Å². The zero-order valence-electron chi connectivity index (χ0n) is 21.3. The van der Waals surface area contributed by atoms with Crippen LogP contribution < -0.4 is 5.32 Å². The Morgan fingerprint density at radius 3 is 2.73 bits per heavy atom. The second-order valence-electron chi connectivity index (χ2n) is 9.82. The summed E-state index contributed by atoms with van der Waals surface area (Å²) in [5, 5.41) is 7.89. The molecule has 1 saturated carbocycles. The average Bonchev–Trinajstić information content (AvgIpc) is 3.48. The predicted molar refractivity (Wildman–Crippen MR) is 143 cm³/mol. The number of sulfone groups is 1. The summed E-state index contributed by atoms with van der Waals surface area (Å²) in [5.41, 5.74) is 5.60. The second kappa shape index (κ2) is 10.2. The van der Waals surface area contributed by atoms with Gasteiger partial charge in [0.2, 0.25) is 0 Å². The van der Waals surface area contributed by atoms with E-state index >= 15 is 0 Å². The lowest BCUT2D eigenvalue weighted by atomic mass is 10.1. The Bertz CT molecular complexity index is 1490. The van der Waals surface area contributed by atoms with E-state index < -0.39 is 9.84 Å². The van der Waals surface area contributed by atoms with Gasteiger partial charge in [-0.25, -0.2) is 8.42 Å². The van der Waals surface area contributed by atoms with Crippen LogP contribution in [0.5, 0.6) is 0 Å². The van der Waals surface area contributed by atoms with Gasteiger partial charge in [0.15, 0.2) is 9.84 Å². The highest BCUT2D eigenvalue weighted by molar-refractivity contribution is 7.90. The first-order valence-corrected chi connectivity index (χ1v) is 14.3. The Morgan fingerprint density at radius 1 is 1.19 bits per heavy atom. The van der Waals surface area contributed by atoms with Crippen molar-refractivity contribution in [3.05, 3.63) is 47.9 Å². The lowest BCUT2D eigenvalue weighted by Gasteiger charge is -2.15. The Balaban J connectivity index is 1.47. The van der Waals surface area contributed by atoms with Crippen LogP contribution in [0.4, 0.5) is 17.1 Å². The molecule has 1 N–H and O–H groups in total. The van der Waals surface area contributed by atoms with Gasteiger partial charge in [0.25, 0.3) is 0 Å². The number of aliphatic imine (C=N–C) groups is 1. The summed E-state index contributed by atoms with van der Waals surface area (Å²) < 4.78 is 32.6. The van der Waals surface area contributed by atoms with Gasteiger partial charge in [-0.2, -0.15) is 5.10 Å². The number of nitrogens with one attached hydrogen (secondary N) is 1. The zero-order valence-corrected chi connectivity index (χ0v) is 22.1. The third-order valence-electron chi connectivity index (χ3n) is 6.55. The summed E-state index contributed by atoms with van der Waals surface area (Å²) in [5.74, 6) is 0.356. The van der Waals surface area contributed by atoms with Crippen molar-refractivity contribution in [3.63, 3.8) is 0 Å². The van der Waals surface area contributed by atoms with E-state index in [-0.39, 0.29) is 23.0 Å². The molecule has 3 heterocycles. The molecular weight excluding hydrogens is 490 g/mol. The lowest BCUT2D eigenvalue weighted by molar-refractivity contribution is -0.119. The van der Waals surface area contributed by atoms with E-state index in [1.54, 1.807) is 19.2 Å². The first-order chi connectivity index (χ1) is 17.7. The number of Topliss-reactive ketones (excluding diaryl/α,β-unsaturated/α-hetero) is 1. The number of hydrogen-bond donors (Lipinski definition) is 1. The van der Waals surface area contributed by atoms with Crippen molar-refractivity contribution in [2.24, 2.45) is 10.9 Å². The van der Waals surface area contributed by atoms with E-state index in [1.165, 1.54) is 6.26 Å². The third kappa shape index (κ3) is 5.80. The molecule has 1 fully saturated rings. The van der Waals surface area contributed by atoms with Crippen LogP contribution in [0.25, 0.3) is 11.3 Å². The van der Waals surface area contributed by atoms with Crippen LogP contribution in [-0.4, -0.2) is 54.6 Å². The third-order valence-corrected chi connectivity index (χ3v) is 7.69. The largest absolute Gasteiger partial charge is 0.385 e. The number of anilines is 2. The van der Waals surface area contributed by atoms with Gasteiger partial charge in [-0.05, 0) is 50.5 Å². The van der Waals surface area contributed by atoms with Gasteiger partial charge in [0.1, 0.15) is 11.5 Å². The van der Waals surface area contributed by atoms with Crippen molar-refractivity contribution in [3.8, 4) is 11.3 Å². The minimum atomic E-state index is -3.57. The quantitative estimate of drug-likeness (QED) is 0.374. The number of ether oxygens (including phenoxy) is 1. The fourth-order valence-corrected chi connectivity index (χ4v) is 5.39. The molecule has 10 heteroatoms. The van der Waals surface area contributed by atoms with E-state index in [2.05, 4.69) is 15.4 Å². The monoisotopic (exact) mass is 521 g/mol. The van der Waals surface area contributed by atoms with Crippen molar-refractivity contribution in [2.45, 2.75) is 50.5 Å². The van der Waals surface area contributed by atoms with Crippen LogP contribution >= 0.6 is 0 Å². The normalized spacial score (nSPS) is 14.9. The molecule has 0 amide bonds. The number of carbonyl (C=O) groups excluding carboxylic acids is 1. The summed E-state index contributed by atoms with van der Waals surface area (Å²) in [6.07, 6.45) is 6.69. The van der Waals surface area contributed by atoms with Crippen molar-refractivity contribution >= 4 is 38.4 Å². The summed E-state index contributed by atoms with van der Waals surface area (Å²) in [6, 6.07) is 8.95. The summed E-state index contributed by atoms with van der Waals surface area (Å²) in [4.78, 5) is 22.0. The Morgan fingerprint density at radius 2 is 2.00 bits per heavy atom. The number of hydrogen-bond acceptors (Lipinski definition) is 8. The van der Waals surface area contributed by atoms with Crippen molar-refractivity contribution < 1.29 is 17.9 Å². The second-order valence-corrected chi connectivity index (χ2v) is 11.8. The van der Waals surface area contributed by atoms with Crippen LogP contribution in [0.1, 0.15) is 37.6 Å². The number of pyridine rings is 1. The fourth-order valence-electron chi connectivity index (χ4n) is 4.53. The van der Waals surface area contributed by atoms with Crippen LogP contribution in [-0.2, 0) is 38.8 Å². The maximum Gasteiger partial charge on any atom is 0.177 e. The first kappa shape index (κ1) is 25.3. The first-order valence-electron chi connectivity index (χ1n) is 12.4. The number of aromatic nitrogens is 3. The molecule has 5 rings (SSSR count). The van der Waals surface area contributed by atoms with E-state index in [0.717, 1.165) is 30.7 Å².